The van der Waals surface area contributed by atoms with Gasteiger partial charge in [0, 0.05) is 9.37 Å². The van der Waals surface area contributed by atoms with Crippen LogP contribution in [0.4, 0.5) is 4.39 Å². The Kier molecular flexibility index (Phi) is 2.61. The molecule has 0 unspecified atom stereocenters. The molecule has 0 radical (unpaired) electrons. The minimum absolute atomic E-state index is 0.0764. The van der Waals surface area contributed by atoms with Gasteiger partial charge in [-0.15, -0.1) is 12.6 Å². The molecule has 0 spiro atoms. The van der Waals surface area contributed by atoms with E-state index in [4.69, 9.17) is 11.6 Å². The molecule has 0 atom stereocenters. The van der Waals surface area contributed by atoms with Crippen molar-refractivity contribution in [3.8, 4) is 0 Å². The standard InChI is InChI=1S/C6H3BrClFS/c7-3-1-2-4(10)6(9)5(3)8/h1-2,10H. The van der Waals surface area contributed by atoms with Crippen molar-refractivity contribution in [1.82, 2.24) is 0 Å². The van der Waals surface area contributed by atoms with Crippen molar-refractivity contribution in [3.63, 3.8) is 0 Å². The van der Waals surface area contributed by atoms with E-state index in [-0.39, 0.29) is 9.92 Å². The fourth-order valence-corrected chi connectivity index (χ4v) is 1.24. The Morgan fingerprint density at radius 2 is 2.10 bits per heavy atom. The predicted octanol–water partition coefficient (Wildman–Crippen LogP) is 3.53. The number of thiol groups is 1. The van der Waals surface area contributed by atoms with Crippen LogP contribution in [0.15, 0.2) is 21.5 Å². The molecule has 0 saturated carbocycles. The zero-order valence-electron chi connectivity index (χ0n) is 4.74. The molecule has 0 amide bonds. The molecule has 1 aromatic rings. The van der Waals surface area contributed by atoms with Crippen molar-refractivity contribution in [1.29, 1.82) is 0 Å². The Labute approximate surface area is 76.9 Å². The Hall–Kier alpha value is 0.270. The van der Waals surface area contributed by atoms with Crippen LogP contribution in [0, 0.1) is 5.82 Å². The fraction of sp³-hybridized carbons (Fsp3) is 0. The number of hydrogen-bond donors (Lipinski definition) is 1. The van der Waals surface area contributed by atoms with Crippen LogP contribution in [-0.2, 0) is 0 Å². The van der Waals surface area contributed by atoms with Gasteiger partial charge in [0.1, 0.15) is 0 Å². The molecule has 1 rings (SSSR count). The smallest absolute Gasteiger partial charge is 0.156 e. The monoisotopic (exact) mass is 240 g/mol. The molecule has 0 aliphatic carbocycles. The number of hydrogen-bond acceptors (Lipinski definition) is 1. The van der Waals surface area contributed by atoms with Crippen molar-refractivity contribution >= 4 is 40.2 Å². The summed E-state index contributed by atoms with van der Waals surface area (Å²) in [5.74, 6) is -0.487. The van der Waals surface area contributed by atoms with Gasteiger partial charge >= 0.3 is 0 Å². The van der Waals surface area contributed by atoms with Crippen molar-refractivity contribution in [2.45, 2.75) is 4.90 Å². The van der Waals surface area contributed by atoms with E-state index in [1.807, 2.05) is 0 Å². The molecular weight excluding hydrogens is 238 g/mol. The highest BCUT2D eigenvalue weighted by Gasteiger charge is 2.06. The van der Waals surface area contributed by atoms with E-state index in [1.165, 1.54) is 6.07 Å². The van der Waals surface area contributed by atoms with Crippen LogP contribution < -0.4 is 0 Å². The van der Waals surface area contributed by atoms with Gasteiger partial charge in [-0.1, -0.05) is 11.6 Å². The molecule has 0 aromatic heterocycles. The zero-order chi connectivity index (χ0) is 7.72. The second-order valence-electron chi connectivity index (χ2n) is 1.69. The van der Waals surface area contributed by atoms with Crippen LogP contribution >= 0.6 is 40.2 Å². The molecule has 0 heterocycles. The van der Waals surface area contributed by atoms with Gasteiger partial charge in [-0.25, -0.2) is 4.39 Å². The maximum absolute atomic E-state index is 12.8. The predicted molar refractivity (Wildman–Crippen MR) is 46.4 cm³/mol. The SMILES string of the molecule is Fc1c(S)ccc(Br)c1Cl. The summed E-state index contributed by atoms with van der Waals surface area (Å²) in [5.41, 5.74) is 0. The van der Waals surface area contributed by atoms with E-state index in [9.17, 15) is 4.39 Å². The van der Waals surface area contributed by atoms with E-state index in [1.54, 1.807) is 6.07 Å². The molecular formula is C6H3BrClFS. The molecule has 4 heteroatoms. The average Bonchev–Trinajstić information content (AvgIpc) is 1.93. The average molecular weight is 242 g/mol. The molecule has 0 aliphatic heterocycles. The zero-order valence-corrected chi connectivity index (χ0v) is 7.97. The summed E-state index contributed by atoms with van der Waals surface area (Å²) in [6.07, 6.45) is 0. The first-order valence-electron chi connectivity index (χ1n) is 2.45. The van der Waals surface area contributed by atoms with Gasteiger partial charge in [0.2, 0.25) is 0 Å². The molecule has 0 nitrogen and oxygen atoms in total. The lowest BCUT2D eigenvalue weighted by Gasteiger charge is -1.98. The van der Waals surface area contributed by atoms with Gasteiger partial charge in [-0.05, 0) is 28.1 Å². The second-order valence-corrected chi connectivity index (χ2v) is 3.41. The van der Waals surface area contributed by atoms with E-state index < -0.39 is 5.82 Å². The summed E-state index contributed by atoms with van der Waals surface area (Å²) in [5, 5.41) is 0.0764. The summed E-state index contributed by atoms with van der Waals surface area (Å²) in [6, 6.07) is 3.18. The maximum Gasteiger partial charge on any atom is 0.156 e. The summed E-state index contributed by atoms with van der Waals surface area (Å²) in [4.78, 5) is 0.258. The summed E-state index contributed by atoms with van der Waals surface area (Å²) in [7, 11) is 0. The largest absolute Gasteiger partial charge is 0.204 e. The van der Waals surface area contributed by atoms with Gasteiger partial charge in [0.05, 0.1) is 5.02 Å². The number of benzene rings is 1. The van der Waals surface area contributed by atoms with Gasteiger partial charge in [-0.3, -0.25) is 0 Å². The third-order valence-corrected chi connectivity index (χ3v) is 2.62. The maximum atomic E-state index is 12.8. The van der Waals surface area contributed by atoms with Crippen LogP contribution in [0.5, 0.6) is 0 Å². The Bertz CT molecular complexity index is 237. The topological polar surface area (TPSA) is 0 Å². The lowest BCUT2D eigenvalue weighted by Crippen LogP contribution is -1.79. The molecule has 0 fully saturated rings. The Morgan fingerprint density at radius 1 is 1.50 bits per heavy atom. The Morgan fingerprint density at radius 3 is 2.60 bits per heavy atom. The van der Waals surface area contributed by atoms with E-state index in [0.717, 1.165) is 0 Å². The molecule has 0 saturated heterocycles. The quantitative estimate of drug-likeness (QED) is 0.521. The van der Waals surface area contributed by atoms with Crippen molar-refractivity contribution in [2.75, 3.05) is 0 Å². The fourth-order valence-electron chi connectivity index (χ4n) is 0.516. The Balaban J connectivity index is 3.34. The first kappa shape index (κ1) is 8.37. The van der Waals surface area contributed by atoms with Crippen molar-refractivity contribution in [3.05, 3.63) is 27.4 Å². The summed E-state index contributed by atoms with van der Waals surface area (Å²) >= 11 is 12.4. The van der Waals surface area contributed by atoms with E-state index in [0.29, 0.717) is 4.47 Å². The molecule has 0 aliphatic rings. The van der Waals surface area contributed by atoms with Crippen LogP contribution in [0.2, 0.25) is 5.02 Å². The van der Waals surface area contributed by atoms with Crippen LogP contribution in [0.3, 0.4) is 0 Å². The highest BCUT2D eigenvalue weighted by molar-refractivity contribution is 9.10. The third kappa shape index (κ3) is 1.47. The van der Waals surface area contributed by atoms with Crippen molar-refractivity contribution in [2.24, 2.45) is 0 Å². The first-order valence-corrected chi connectivity index (χ1v) is 4.07. The highest BCUT2D eigenvalue weighted by atomic mass is 79.9. The lowest BCUT2D eigenvalue weighted by molar-refractivity contribution is 0.602. The van der Waals surface area contributed by atoms with Gasteiger partial charge < -0.3 is 0 Å². The van der Waals surface area contributed by atoms with Gasteiger partial charge in [-0.2, -0.15) is 0 Å². The van der Waals surface area contributed by atoms with E-state index >= 15 is 0 Å². The number of rotatable bonds is 0. The minimum Gasteiger partial charge on any atom is -0.204 e. The van der Waals surface area contributed by atoms with Gasteiger partial charge in [0.15, 0.2) is 5.82 Å². The summed E-state index contributed by atoms with van der Waals surface area (Å²) < 4.78 is 13.3. The van der Waals surface area contributed by atoms with Crippen LogP contribution in [0.25, 0.3) is 0 Å². The van der Waals surface area contributed by atoms with E-state index in [2.05, 4.69) is 28.6 Å². The van der Waals surface area contributed by atoms with Crippen molar-refractivity contribution < 1.29 is 4.39 Å². The molecule has 10 heavy (non-hydrogen) atoms. The summed E-state index contributed by atoms with van der Waals surface area (Å²) in [6.45, 7) is 0. The van der Waals surface area contributed by atoms with Crippen LogP contribution in [-0.4, -0.2) is 0 Å². The lowest BCUT2D eigenvalue weighted by atomic mass is 10.3. The number of halogens is 3. The van der Waals surface area contributed by atoms with Crippen LogP contribution in [0.1, 0.15) is 0 Å². The normalized spacial score (nSPS) is 10.0. The molecule has 0 N–H and O–H groups in total. The highest BCUT2D eigenvalue weighted by Crippen LogP contribution is 2.28. The van der Waals surface area contributed by atoms with Gasteiger partial charge in [0.25, 0.3) is 0 Å². The first-order chi connectivity index (χ1) is 4.63. The second kappa shape index (κ2) is 3.11. The molecule has 54 valence electrons. The third-order valence-electron chi connectivity index (χ3n) is 1.01. The molecule has 0 bridgehead atoms. The molecule has 1 aromatic carbocycles. The minimum atomic E-state index is -0.487.